The summed E-state index contributed by atoms with van der Waals surface area (Å²) in [5.74, 6) is -0.0672. The molecule has 76 valence electrons. The zero-order valence-corrected chi connectivity index (χ0v) is 8.08. The second-order valence-electron chi connectivity index (χ2n) is 2.91. The largest absolute Gasteiger partial charge is 0.508 e. The quantitative estimate of drug-likeness (QED) is 0.371. The van der Waals surface area contributed by atoms with Gasteiger partial charge in [0.15, 0.2) is 0 Å². The minimum absolute atomic E-state index is 0.103. The van der Waals surface area contributed by atoms with Crippen molar-refractivity contribution in [2.75, 3.05) is 20.1 Å². The van der Waals surface area contributed by atoms with Gasteiger partial charge >= 0.3 is 0 Å². The first-order chi connectivity index (χ1) is 6.74. The fourth-order valence-corrected chi connectivity index (χ4v) is 1.05. The molecule has 3 N–H and O–H groups in total. The van der Waals surface area contributed by atoms with Crippen LogP contribution in [-0.2, 0) is 0 Å². The van der Waals surface area contributed by atoms with E-state index < -0.39 is 0 Å². The standard InChI is InChI=1S/C10H14N2O2/c1-11-5-6-12-10(14)8-3-2-4-9(13)7-8/h2-4,7,11,13H,5-6H2,1H3,(H,12,14)/i1+1,6+1,11+1,12+1. The Balaban J connectivity index is 2.52. The highest BCUT2D eigenvalue weighted by Crippen LogP contribution is 2.10. The highest BCUT2D eigenvalue weighted by molar-refractivity contribution is 5.94. The molecule has 0 spiro atoms. The van der Waals surface area contributed by atoms with Gasteiger partial charge in [0.25, 0.3) is 5.91 Å². The summed E-state index contributed by atoms with van der Waals surface area (Å²) >= 11 is 0. The van der Waals surface area contributed by atoms with Gasteiger partial charge in [-0.15, -0.1) is 0 Å². The lowest BCUT2D eigenvalue weighted by molar-refractivity contribution is 0.0954. The molecule has 0 heterocycles. The van der Waals surface area contributed by atoms with Crippen molar-refractivity contribution < 1.29 is 9.90 Å². The second kappa shape index (κ2) is 5.24. The maximum Gasteiger partial charge on any atom is 0.251 e. The minimum atomic E-state index is -0.170. The van der Waals surface area contributed by atoms with E-state index in [2.05, 4.69) is 10.6 Å². The minimum Gasteiger partial charge on any atom is -0.508 e. The molecule has 0 aliphatic rings. The molecule has 14 heavy (non-hydrogen) atoms. The van der Waals surface area contributed by atoms with Crippen LogP contribution in [0.2, 0.25) is 0 Å². The molecule has 0 saturated heterocycles. The van der Waals surface area contributed by atoms with Crippen molar-refractivity contribution in [2.45, 2.75) is 0 Å². The first kappa shape index (κ1) is 10.5. The number of phenolic OH excluding ortho intramolecular Hbond substituents is 1. The molecule has 0 aromatic heterocycles. The Kier molecular flexibility index (Phi) is 3.94. The number of benzene rings is 1. The summed E-state index contributed by atoms with van der Waals surface area (Å²) in [7, 11) is 1.82. The summed E-state index contributed by atoms with van der Waals surface area (Å²) in [5.41, 5.74) is 0.473. The Labute approximate surface area is 82.9 Å². The van der Waals surface area contributed by atoms with Gasteiger partial charge in [0.2, 0.25) is 0 Å². The normalized spacial score (nSPS) is 9.79. The lowest BCUT2D eigenvalue weighted by Crippen LogP contribution is -2.30. The second-order valence-corrected chi connectivity index (χ2v) is 2.91. The monoisotopic (exact) mass is 198 g/mol. The zero-order chi connectivity index (χ0) is 10.4. The molecular weight excluding hydrogens is 184 g/mol. The Morgan fingerprint density at radius 2 is 2.21 bits per heavy atom. The summed E-state index contributed by atoms with van der Waals surface area (Å²) < 4.78 is 0. The van der Waals surface area contributed by atoms with Crippen LogP contribution in [-0.4, -0.2) is 31.2 Å². The molecule has 0 radical (unpaired) electrons. The molecule has 1 amide bonds. The van der Waals surface area contributed by atoms with Gasteiger partial charge in [0.05, 0.1) is 0 Å². The van der Waals surface area contributed by atoms with Crippen LogP contribution < -0.4 is 10.6 Å². The van der Waals surface area contributed by atoms with Gasteiger partial charge in [-0.25, -0.2) is 0 Å². The average Bonchev–Trinajstić information content (AvgIpc) is 2.18. The zero-order valence-electron chi connectivity index (χ0n) is 8.08. The number of likely N-dealkylation sites (N-methyl/N-ethyl adjacent to an activating group) is 1. The Bertz CT molecular complexity index is 313. The molecular formula is C10H14N2O2. The molecule has 0 saturated carbocycles. The fraction of sp³-hybridized carbons (Fsp3) is 0.300. The number of carbonyl (C=O) groups is 1. The molecule has 0 aliphatic heterocycles. The topological polar surface area (TPSA) is 61.4 Å². The number of rotatable bonds is 4. The first-order valence-electron chi connectivity index (χ1n) is 4.46. The van der Waals surface area contributed by atoms with E-state index in [-0.39, 0.29) is 11.7 Å². The number of phenols is 1. The Morgan fingerprint density at radius 1 is 1.43 bits per heavy atom. The van der Waals surface area contributed by atoms with Crippen molar-refractivity contribution in [2.24, 2.45) is 0 Å². The molecule has 4 nitrogen and oxygen atoms in total. The highest BCUT2D eigenvalue weighted by atomic mass is 16.3. The van der Waals surface area contributed by atoms with Crippen LogP contribution in [0.5, 0.6) is 5.75 Å². The lowest BCUT2D eigenvalue weighted by Gasteiger charge is -2.04. The fourth-order valence-electron chi connectivity index (χ4n) is 1.05. The predicted molar refractivity (Wildman–Crippen MR) is 54.4 cm³/mol. The van der Waals surface area contributed by atoms with Gasteiger partial charge in [-0.05, 0) is 25.2 Å². The van der Waals surface area contributed by atoms with Gasteiger partial charge in [-0.2, -0.15) is 0 Å². The van der Waals surface area contributed by atoms with Crippen molar-refractivity contribution >= 4 is 5.91 Å². The van der Waals surface area contributed by atoms with Crippen LogP contribution in [0, 0.1) is 0 Å². The van der Waals surface area contributed by atoms with E-state index in [4.69, 9.17) is 5.11 Å². The van der Waals surface area contributed by atoms with Crippen LogP contribution in [0.4, 0.5) is 0 Å². The molecule has 0 fully saturated rings. The molecule has 0 atom stereocenters. The summed E-state index contributed by atoms with van der Waals surface area (Å²) in [6.07, 6.45) is 0. The lowest BCUT2D eigenvalue weighted by atomic mass is 10.2. The van der Waals surface area contributed by atoms with E-state index in [0.29, 0.717) is 12.1 Å². The van der Waals surface area contributed by atoms with Crippen LogP contribution >= 0.6 is 0 Å². The van der Waals surface area contributed by atoms with Crippen molar-refractivity contribution in [3.05, 3.63) is 29.8 Å². The molecule has 1 aromatic carbocycles. The highest BCUT2D eigenvalue weighted by Gasteiger charge is 2.03. The number of hydrogen-bond donors (Lipinski definition) is 3. The van der Waals surface area contributed by atoms with Crippen molar-refractivity contribution in [3.63, 3.8) is 0 Å². The molecule has 1 aromatic rings. The van der Waals surface area contributed by atoms with Gasteiger partial charge in [-0.3, -0.25) is 4.79 Å². The molecule has 0 unspecified atom stereocenters. The van der Waals surface area contributed by atoms with E-state index in [1.54, 1.807) is 12.1 Å². The van der Waals surface area contributed by atoms with Crippen LogP contribution in [0.15, 0.2) is 24.3 Å². The van der Waals surface area contributed by atoms with Crippen LogP contribution in [0.1, 0.15) is 10.4 Å². The van der Waals surface area contributed by atoms with E-state index in [0.717, 1.165) is 6.54 Å². The molecule has 1 rings (SSSR count). The molecule has 0 aliphatic carbocycles. The van der Waals surface area contributed by atoms with E-state index >= 15 is 0 Å². The SMILES string of the molecule is [13CH3][15NH]C[13CH2][15NH]C(=O)c1cccc(O)c1. The molecule has 4 heteroatoms. The van der Waals surface area contributed by atoms with Gasteiger partial charge in [0, 0.05) is 18.7 Å². The molecule has 0 bridgehead atoms. The van der Waals surface area contributed by atoms with Gasteiger partial charge in [-0.1, -0.05) is 6.07 Å². The third-order valence-corrected chi connectivity index (χ3v) is 1.77. The predicted octanol–water partition coefficient (Wildman–Crippen LogP) is 0.341. The maximum absolute atomic E-state index is 11.4. The van der Waals surface area contributed by atoms with Crippen molar-refractivity contribution in [1.82, 2.24) is 10.6 Å². The van der Waals surface area contributed by atoms with E-state index in [1.807, 2.05) is 7.05 Å². The summed E-state index contributed by atoms with van der Waals surface area (Å²) in [6.45, 7) is 1.30. The number of aromatic hydroxyl groups is 1. The number of amides is 1. The van der Waals surface area contributed by atoms with Gasteiger partial charge in [0.1, 0.15) is 5.75 Å². The van der Waals surface area contributed by atoms with Crippen LogP contribution in [0.3, 0.4) is 0 Å². The van der Waals surface area contributed by atoms with Crippen molar-refractivity contribution in [1.29, 1.82) is 0 Å². The first-order valence-corrected chi connectivity index (χ1v) is 4.46. The number of nitrogens with one attached hydrogen (secondary N) is 2. The smallest absolute Gasteiger partial charge is 0.251 e. The third kappa shape index (κ3) is 3.06. The Hall–Kier alpha value is -1.55. The van der Waals surface area contributed by atoms with Crippen LogP contribution in [0.25, 0.3) is 0 Å². The van der Waals surface area contributed by atoms with Crippen molar-refractivity contribution in [3.8, 4) is 5.75 Å². The third-order valence-electron chi connectivity index (χ3n) is 1.77. The average molecular weight is 198 g/mol. The number of carbonyl (C=O) groups excluding carboxylic acids is 1. The number of hydrogen-bond acceptors (Lipinski definition) is 3. The summed E-state index contributed by atoms with van der Waals surface area (Å²) in [5, 5.41) is 14.8. The van der Waals surface area contributed by atoms with Gasteiger partial charge < -0.3 is 15.7 Å². The van der Waals surface area contributed by atoms with E-state index in [9.17, 15) is 4.79 Å². The maximum atomic E-state index is 11.4. The summed E-state index contributed by atoms with van der Waals surface area (Å²) in [6, 6.07) is 6.27. The summed E-state index contributed by atoms with van der Waals surface area (Å²) in [4.78, 5) is 11.4. The van der Waals surface area contributed by atoms with E-state index in [1.165, 1.54) is 12.1 Å². The Morgan fingerprint density at radius 3 is 2.86 bits per heavy atom.